The van der Waals surface area contributed by atoms with Crippen LogP contribution in [0.15, 0.2) is 48.5 Å². The second-order valence-electron chi connectivity index (χ2n) is 5.07. The molecule has 2 aromatic carbocycles. The Balaban J connectivity index is 2.03. The maximum Gasteiger partial charge on any atom is 0.176 e. The van der Waals surface area contributed by atoms with Gasteiger partial charge >= 0.3 is 0 Å². The highest BCUT2D eigenvalue weighted by atomic mass is 127. The number of hydrogen-bond acceptors (Lipinski definition) is 2. The normalized spacial score (nSPS) is 12.4. The number of hydrogen-bond donors (Lipinski definition) is 0. The first kappa shape index (κ1) is 16.5. The molecule has 2 rings (SSSR count). The Hall–Kier alpha value is -0.910. The molecule has 0 bridgehead atoms. The Kier molecular flexibility index (Phi) is 5.79. The lowest BCUT2D eigenvalue weighted by atomic mass is 10.1. The molecule has 0 N–H and O–H groups in total. The minimum Gasteiger partial charge on any atom is -0.293 e. The molecule has 0 saturated carbocycles. The average Bonchev–Trinajstić information content (AvgIpc) is 2.47. The second-order valence-corrected chi connectivity index (χ2v) is 6.75. The highest BCUT2D eigenvalue weighted by Gasteiger charge is 2.15. The molecule has 110 valence electrons. The van der Waals surface area contributed by atoms with Crippen molar-refractivity contribution in [3.05, 3.63) is 68.3 Å². The van der Waals surface area contributed by atoms with Gasteiger partial charge < -0.3 is 0 Å². The quantitative estimate of drug-likeness (QED) is 0.517. The van der Waals surface area contributed by atoms with E-state index in [1.807, 2.05) is 60.5 Å². The first-order chi connectivity index (χ1) is 9.97. The molecule has 0 amide bonds. The fraction of sp³-hybridized carbons (Fsp3) is 0.235. The molecule has 0 saturated heterocycles. The van der Waals surface area contributed by atoms with Crippen LogP contribution in [-0.4, -0.2) is 24.3 Å². The fourth-order valence-corrected chi connectivity index (χ4v) is 2.57. The van der Waals surface area contributed by atoms with Gasteiger partial charge in [-0.25, -0.2) is 0 Å². The van der Waals surface area contributed by atoms with Crippen LogP contribution in [-0.2, 0) is 0 Å². The van der Waals surface area contributed by atoms with Gasteiger partial charge in [-0.3, -0.25) is 9.69 Å². The zero-order chi connectivity index (χ0) is 15.4. The molecule has 21 heavy (non-hydrogen) atoms. The zero-order valence-electron chi connectivity index (χ0n) is 12.0. The van der Waals surface area contributed by atoms with Gasteiger partial charge in [-0.15, -0.1) is 0 Å². The van der Waals surface area contributed by atoms with Gasteiger partial charge in [-0.1, -0.05) is 35.9 Å². The van der Waals surface area contributed by atoms with Gasteiger partial charge in [0.05, 0.1) is 6.54 Å². The van der Waals surface area contributed by atoms with Crippen molar-refractivity contribution in [2.24, 2.45) is 0 Å². The molecule has 0 aromatic heterocycles. The van der Waals surface area contributed by atoms with Crippen LogP contribution >= 0.6 is 34.2 Å². The summed E-state index contributed by atoms with van der Waals surface area (Å²) in [5, 5.41) is 0.726. The summed E-state index contributed by atoms with van der Waals surface area (Å²) < 4.78 is 1.13. The van der Waals surface area contributed by atoms with Crippen LogP contribution in [0.4, 0.5) is 0 Å². The maximum absolute atomic E-state index is 12.3. The summed E-state index contributed by atoms with van der Waals surface area (Å²) in [6.45, 7) is 2.48. The molecule has 0 heterocycles. The standard InChI is InChI=1S/C17H17ClINO/c1-12(13-3-7-15(18)8-4-13)20(2)11-17(21)14-5-9-16(19)10-6-14/h3-10,12H,11H2,1-2H3. The number of halogens is 2. The highest BCUT2D eigenvalue weighted by molar-refractivity contribution is 14.1. The molecular weight excluding hydrogens is 397 g/mol. The van der Waals surface area contributed by atoms with Crippen LogP contribution in [0.5, 0.6) is 0 Å². The summed E-state index contributed by atoms with van der Waals surface area (Å²) in [4.78, 5) is 14.3. The third-order valence-electron chi connectivity index (χ3n) is 3.57. The van der Waals surface area contributed by atoms with Crippen molar-refractivity contribution >= 4 is 40.0 Å². The molecule has 0 aliphatic carbocycles. The number of likely N-dealkylation sites (N-methyl/N-ethyl adjacent to an activating group) is 1. The smallest absolute Gasteiger partial charge is 0.176 e. The summed E-state index contributed by atoms with van der Waals surface area (Å²) >= 11 is 8.14. The number of Topliss-reactive ketones (excluding diaryl/α,β-unsaturated/α-hetero) is 1. The monoisotopic (exact) mass is 413 g/mol. The van der Waals surface area contributed by atoms with E-state index in [-0.39, 0.29) is 11.8 Å². The Morgan fingerprint density at radius 1 is 1.14 bits per heavy atom. The van der Waals surface area contributed by atoms with E-state index in [2.05, 4.69) is 29.5 Å². The van der Waals surface area contributed by atoms with E-state index in [1.54, 1.807) is 0 Å². The van der Waals surface area contributed by atoms with E-state index in [0.717, 1.165) is 19.7 Å². The summed E-state index contributed by atoms with van der Waals surface area (Å²) in [6, 6.07) is 15.6. The fourth-order valence-electron chi connectivity index (χ4n) is 2.09. The van der Waals surface area contributed by atoms with Crippen LogP contribution in [0.2, 0.25) is 5.02 Å². The van der Waals surface area contributed by atoms with Gasteiger partial charge in [0, 0.05) is 20.2 Å². The van der Waals surface area contributed by atoms with Crippen LogP contribution in [0.1, 0.15) is 28.9 Å². The topological polar surface area (TPSA) is 20.3 Å². The first-order valence-corrected chi connectivity index (χ1v) is 8.17. The van der Waals surface area contributed by atoms with Crippen molar-refractivity contribution in [3.8, 4) is 0 Å². The number of nitrogens with zero attached hydrogens (tertiary/aromatic N) is 1. The maximum atomic E-state index is 12.3. The number of benzene rings is 2. The lowest BCUT2D eigenvalue weighted by molar-refractivity contribution is 0.0925. The molecule has 2 aromatic rings. The van der Waals surface area contributed by atoms with Crippen molar-refractivity contribution < 1.29 is 4.79 Å². The highest BCUT2D eigenvalue weighted by Crippen LogP contribution is 2.21. The van der Waals surface area contributed by atoms with Crippen molar-refractivity contribution in [3.63, 3.8) is 0 Å². The van der Waals surface area contributed by atoms with E-state index < -0.39 is 0 Å². The summed E-state index contributed by atoms with van der Waals surface area (Å²) in [6.07, 6.45) is 0. The molecule has 2 nitrogen and oxygen atoms in total. The SMILES string of the molecule is CC(c1ccc(Cl)cc1)N(C)CC(=O)c1ccc(I)cc1. The summed E-state index contributed by atoms with van der Waals surface area (Å²) in [7, 11) is 1.96. The van der Waals surface area contributed by atoms with E-state index in [4.69, 9.17) is 11.6 Å². The van der Waals surface area contributed by atoms with Gasteiger partial charge in [0.2, 0.25) is 0 Å². The zero-order valence-corrected chi connectivity index (χ0v) is 14.9. The number of ketones is 1. The number of carbonyl (C=O) groups excluding carboxylic acids is 1. The molecular formula is C17H17ClINO. The average molecular weight is 414 g/mol. The van der Waals surface area contributed by atoms with Gasteiger partial charge in [-0.2, -0.15) is 0 Å². The Bertz CT molecular complexity index is 610. The predicted octanol–water partition coefficient (Wildman–Crippen LogP) is 4.82. The van der Waals surface area contributed by atoms with E-state index >= 15 is 0 Å². The van der Waals surface area contributed by atoms with Crippen LogP contribution in [0.25, 0.3) is 0 Å². The Labute approximate surface area is 144 Å². The van der Waals surface area contributed by atoms with Gasteiger partial charge in [0.1, 0.15) is 0 Å². The predicted molar refractivity (Wildman–Crippen MR) is 96.0 cm³/mol. The van der Waals surface area contributed by atoms with Gasteiger partial charge in [0.25, 0.3) is 0 Å². The largest absolute Gasteiger partial charge is 0.293 e. The first-order valence-electron chi connectivity index (χ1n) is 6.72. The summed E-state index contributed by atoms with van der Waals surface area (Å²) in [5.41, 5.74) is 1.91. The van der Waals surface area contributed by atoms with Crippen molar-refractivity contribution in [2.75, 3.05) is 13.6 Å². The van der Waals surface area contributed by atoms with Gasteiger partial charge in [-0.05, 0) is 66.4 Å². The lowest BCUT2D eigenvalue weighted by Crippen LogP contribution is -2.28. The molecule has 1 atom stereocenters. The molecule has 4 heteroatoms. The Morgan fingerprint density at radius 3 is 2.29 bits per heavy atom. The Morgan fingerprint density at radius 2 is 1.71 bits per heavy atom. The number of carbonyl (C=O) groups is 1. The van der Waals surface area contributed by atoms with Crippen LogP contribution in [0.3, 0.4) is 0 Å². The molecule has 0 aliphatic rings. The third-order valence-corrected chi connectivity index (χ3v) is 4.54. The van der Waals surface area contributed by atoms with Gasteiger partial charge in [0.15, 0.2) is 5.78 Å². The molecule has 1 unspecified atom stereocenters. The van der Waals surface area contributed by atoms with Crippen molar-refractivity contribution in [1.82, 2.24) is 4.90 Å². The lowest BCUT2D eigenvalue weighted by Gasteiger charge is -2.24. The van der Waals surface area contributed by atoms with E-state index in [0.29, 0.717) is 6.54 Å². The minimum absolute atomic E-state index is 0.134. The van der Waals surface area contributed by atoms with Crippen LogP contribution in [0, 0.1) is 3.57 Å². The van der Waals surface area contributed by atoms with E-state index in [9.17, 15) is 4.79 Å². The number of rotatable bonds is 5. The second kappa shape index (κ2) is 7.38. The molecule has 0 spiro atoms. The minimum atomic E-state index is 0.134. The molecule has 0 aliphatic heterocycles. The third kappa shape index (κ3) is 4.53. The van der Waals surface area contributed by atoms with Crippen LogP contribution < -0.4 is 0 Å². The molecule has 0 fully saturated rings. The van der Waals surface area contributed by atoms with Crippen molar-refractivity contribution in [1.29, 1.82) is 0 Å². The molecule has 0 radical (unpaired) electrons. The van der Waals surface area contributed by atoms with Crippen molar-refractivity contribution in [2.45, 2.75) is 13.0 Å². The van der Waals surface area contributed by atoms with E-state index in [1.165, 1.54) is 0 Å². The summed E-state index contributed by atoms with van der Waals surface area (Å²) in [5.74, 6) is 0.134.